The predicted octanol–water partition coefficient (Wildman–Crippen LogP) is 2.15. The molecule has 3 aromatic rings. The summed E-state index contributed by atoms with van der Waals surface area (Å²) in [5, 5.41) is 4.23. The minimum Gasteiger partial charge on any atom is -0.377 e. The fourth-order valence-electron chi connectivity index (χ4n) is 4.22. The first kappa shape index (κ1) is 13.5. The van der Waals surface area contributed by atoms with Crippen LogP contribution in [0.5, 0.6) is 0 Å². The number of imide groups is 1. The number of hydrogen-bond donors (Lipinski definition) is 2. The Morgan fingerprint density at radius 2 is 1.79 bits per heavy atom. The van der Waals surface area contributed by atoms with Crippen LogP contribution in [0.25, 0.3) is 21.9 Å². The third kappa shape index (κ3) is 1.48. The number of aryl methyl sites for hydroxylation is 1. The Labute approximate surface area is 137 Å². The van der Waals surface area contributed by atoms with Gasteiger partial charge in [-0.1, -0.05) is 0 Å². The monoisotopic (exact) mass is 320 g/mol. The summed E-state index contributed by atoms with van der Waals surface area (Å²) >= 11 is 0. The molecule has 1 aliphatic heterocycles. The van der Waals surface area contributed by atoms with Gasteiger partial charge in [0, 0.05) is 31.4 Å². The van der Waals surface area contributed by atoms with E-state index in [4.69, 9.17) is 0 Å². The molecule has 2 N–H and O–H groups in total. The number of H-pyrrole nitrogens is 1. The molecule has 1 aliphatic carbocycles. The molecule has 0 saturated heterocycles. The van der Waals surface area contributed by atoms with Crippen LogP contribution in [-0.2, 0) is 12.8 Å². The SMILES string of the molecule is CN(C)c1ccnc2[nH]c3c4c(c5c(c3c12)C(=O)NC5=O)CCC4. The number of nitrogens with zero attached hydrogens (tertiary/aromatic N) is 2. The van der Waals surface area contributed by atoms with Gasteiger partial charge in [-0.05, 0) is 36.5 Å². The van der Waals surface area contributed by atoms with Crippen LogP contribution < -0.4 is 10.2 Å². The summed E-state index contributed by atoms with van der Waals surface area (Å²) in [7, 11) is 3.93. The Hall–Kier alpha value is -2.89. The van der Waals surface area contributed by atoms with Gasteiger partial charge in [0.15, 0.2) is 0 Å². The fourth-order valence-corrected chi connectivity index (χ4v) is 4.22. The van der Waals surface area contributed by atoms with E-state index < -0.39 is 0 Å². The minimum atomic E-state index is -0.302. The van der Waals surface area contributed by atoms with Gasteiger partial charge in [0.05, 0.1) is 22.0 Å². The number of anilines is 1. The number of carbonyl (C=O) groups excluding carboxylic acids is 2. The lowest BCUT2D eigenvalue weighted by Crippen LogP contribution is -2.20. The second kappa shape index (κ2) is 4.35. The van der Waals surface area contributed by atoms with Crippen LogP contribution in [0.15, 0.2) is 12.3 Å². The largest absolute Gasteiger partial charge is 0.377 e. The molecule has 0 fully saturated rings. The molecule has 2 aromatic heterocycles. The van der Waals surface area contributed by atoms with Crippen molar-refractivity contribution in [2.24, 2.45) is 0 Å². The van der Waals surface area contributed by atoms with Crippen molar-refractivity contribution in [1.29, 1.82) is 0 Å². The smallest absolute Gasteiger partial charge is 0.259 e. The number of benzene rings is 1. The number of pyridine rings is 1. The molecule has 0 atom stereocenters. The Morgan fingerprint density at radius 3 is 2.58 bits per heavy atom. The van der Waals surface area contributed by atoms with E-state index in [0.29, 0.717) is 11.1 Å². The van der Waals surface area contributed by atoms with Gasteiger partial charge in [-0.2, -0.15) is 0 Å². The molecular formula is C18H16N4O2. The molecular weight excluding hydrogens is 304 g/mol. The zero-order valence-corrected chi connectivity index (χ0v) is 13.5. The molecule has 6 heteroatoms. The highest BCUT2D eigenvalue weighted by molar-refractivity contribution is 6.32. The van der Waals surface area contributed by atoms with Crippen molar-refractivity contribution >= 4 is 39.4 Å². The van der Waals surface area contributed by atoms with Crippen LogP contribution in [0.4, 0.5) is 5.69 Å². The third-order valence-corrected chi connectivity index (χ3v) is 5.16. The van der Waals surface area contributed by atoms with Gasteiger partial charge < -0.3 is 9.88 Å². The van der Waals surface area contributed by atoms with Crippen LogP contribution >= 0.6 is 0 Å². The third-order valence-electron chi connectivity index (χ3n) is 5.16. The summed E-state index contributed by atoms with van der Waals surface area (Å²) < 4.78 is 0. The second-order valence-electron chi connectivity index (χ2n) is 6.67. The minimum absolute atomic E-state index is 0.264. The Balaban J connectivity index is 2.08. The number of nitrogens with one attached hydrogen (secondary N) is 2. The van der Waals surface area contributed by atoms with Crippen molar-refractivity contribution in [3.05, 3.63) is 34.5 Å². The van der Waals surface area contributed by atoms with Crippen LogP contribution in [-0.4, -0.2) is 35.9 Å². The van der Waals surface area contributed by atoms with Crippen LogP contribution in [0.3, 0.4) is 0 Å². The highest BCUT2D eigenvalue weighted by Gasteiger charge is 2.37. The van der Waals surface area contributed by atoms with Gasteiger partial charge >= 0.3 is 0 Å². The maximum absolute atomic E-state index is 12.5. The van der Waals surface area contributed by atoms with Crippen LogP contribution in [0, 0.1) is 0 Å². The lowest BCUT2D eigenvalue weighted by molar-refractivity contribution is 0.0880. The Bertz CT molecular complexity index is 1080. The standard InChI is InChI=1S/C18H16N4O2/c1-22(2)10-6-7-19-16-12(10)13-14-11(17(23)21-18(14)24)8-4-3-5-9(8)15(13)20-16/h6-7H,3-5H2,1-2H3,(H,19,20)(H,21,23,24). The van der Waals surface area contributed by atoms with E-state index >= 15 is 0 Å². The predicted molar refractivity (Wildman–Crippen MR) is 91.7 cm³/mol. The highest BCUT2D eigenvalue weighted by Crippen LogP contribution is 2.42. The van der Waals surface area contributed by atoms with Crippen molar-refractivity contribution in [2.75, 3.05) is 19.0 Å². The maximum atomic E-state index is 12.5. The lowest BCUT2D eigenvalue weighted by atomic mass is 9.93. The van der Waals surface area contributed by atoms with Gasteiger partial charge in [0.1, 0.15) is 5.65 Å². The maximum Gasteiger partial charge on any atom is 0.259 e. The van der Waals surface area contributed by atoms with E-state index in [-0.39, 0.29) is 11.8 Å². The van der Waals surface area contributed by atoms with E-state index in [1.807, 2.05) is 25.1 Å². The summed E-state index contributed by atoms with van der Waals surface area (Å²) in [4.78, 5) is 34.8. The van der Waals surface area contributed by atoms with Crippen molar-refractivity contribution in [2.45, 2.75) is 19.3 Å². The van der Waals surface area contributed by atoms with E-state index in [2.05, 4.69) is 15.3 Å². The number of amides is 2. The molecule has 24 heavy (non-hydrogen) atoms. The summed E-state index contributed by atoms with van der Waals surface area (Å²) in [5.41, 5.74) is 5.98. The molecule has 0 bridgehead atoms. The van der Waals surface area contributed by atoms with Crippen LogP contribution in [0.1, 0.15) is 38.3 Å². The molecule has 0 unspecified atom stereocenters. The highest BCUT2D eigenvalue weighted by atomic mass is 16.2. The van der Waals surface area contributed by atoms with Gasteiger partial charge in [-0.15, -0.1) is 0 Å². The van der Waals surface area contributed by atoms with Crippen molar-refractivity contribution < 1.29 is 9.59 Å². The summed E-state index contributed by atoms with van der Waals surface area (Å²) in [6.07, 6.45) is 4.53. The number of hydrogen-bond acceptors (Lipinski definition) is 4. The molecule has 2 amide bonds. The molecule has 6 nitrogen and oxygen atoms in total. The summed E-state index contributed by atoms with van der Waals surface area (Å²) in [6, 6.07) is 1.93. The van der Waals surface area contributed by atoms with Crippen molar-refractivity contribution in [3.63, 3.8) is 0 Å². The molecule has 5 rings (SSSR count). The zero-order valence-electron chi connectivity index (χ0n) is 13.5. The summed E-state index contributed by atoms with van der Waals surface area (Å²) in [6.45, 7) is 0. The van der Waals surface area contributed by atoms with Gasteiger partial charge in [0.25, 0.3) is 11.8 Å². The average Bonchev–Trinajstić information content (AvgIpc) is 3.22. The van der Waals surface area contributed by atoms with Crippen molar-refractivity contribution in [1.82, 2.24) is 15.3 Å². The first-order chi connectivity index (χ1) is 11.6. The number of rotatable bonds is 1. The lowest BCUT2D eigenvalue weighted by Gasteiger charge is -2.14. The zero-order chi connectivity index (χ0) is 16.6. The topological polar surface area (TPSA) is 78.1 Å². The van der Waals surface area contributed by atoms with Gasteiger partial charge in [0.2, 0.25) is 0 Å². The first-order valence-electron chi connectivity index (χ1n) is 8.09. The van der Waals surface area contributed by atoms with Gasteiger partial charge in [-0.25, -0.2) is 4.98 Å². The molecule has 1 aromatic carbocycles. The first-order valence-corrected chi connectivity index (χ1v) is 8.09. The number of carbonyl (C=O) groups is 2. The Kier molecular flexibility index (Phi) is 2.45. The average molecular weight is 320 g/mol. The molecule has 3 heterocycles. The molecule has 0 saturated carbocycles. The molecule has 0 spiro atoms. The Morgan fingerprint density at radius 1 is 1.04 bits per heavy atom. The van der Waals surface area contributed by atoms with E-state index in [1.165, 1.54) is 0 Å². The number of aromatic amines is 1. The van der Waals surface area contributed by atoms with E-state index in [9.17, 15) is 9.59 Å². The van der Waals surface area contributed by atoms with Crippen LogP contribution in [0.2, 0.25) is 0 Å². The second-order valence-corrected chi connectivity index (χ2v) is 6.67. The fraction of sp³-hybridized carbons (Fsp3) is 0.278. The number of aromatic nitrogens is 2. The molecule has 120 valence electrons. The van der Waals surface area contributed by atoms with Gasteiger partial charge in [-0.3, -0.25) is 14.9 Å². The molecule has 2 aliphatic rings. The summed E-state index contributed by atoms with van der Waals surface area (Å²) in [5.74, 6) is -0.566. The van der Waals surface area contributed by atoms with Crippen molar-refractivity contribution in [3.8, 4) is 0 Å². The van der Waals surface area contributed by atoms with E-state index in [1.54, 1.807) is 6.20 Å². The molecule has 0 radical (unpaired) electrons. The van der Waals surface area contributed by atoms with E-state index in [0.717, 1.165) is 58.0 Å². The number of fused-ring (bicyclic) bond motifs is 8. The quantitative estimate of drug-likeness (QED) is 0.674. The normalized spacial score (nSPS) is 15.9.